The molecule has 178 valence electrons. The minimum absolute atomic E-state index is 0.0821. The third kappa shape index (κ3) is 6.04. The van der Waals surface area contributed by atoms with Crippen molar-refractivity contribution in [3.05, 3.63) is 95.3 Å². The molecule has 2 N–H and O–H groups in total. The van der Waals surface area contributed by atoms with Crippen LogP contribution >= 0.6 is 11.6 Å². The van der Waals surface area contributed by atoms with E-state index in [0.717, 1.165) is 16.6 Å². The van der Waals surface area contributed by atoms with Crippen LogP contribution in [-0.2, 0) is 14.4 Å². The second-order valence-electron chi connectivity index (χ2n) is 7.88. The first kappa shape index (κ1) is 24.0. The number of carboxylic acids is 1. The van der Waals surface area contributed by atoms with Crippen LogP contribution in [0.25, 0.3) is 11.0 Å². The lowest BCUT2D eigenvalue weighted by Crippen LogP contribution is -2.17. The Hall–Kier alpha value is -4.17. The maximum atomic E-state index is 12.3. The third-order valence-corrected chi connectivity index (χ3v) is 5.66. The summed E-state index contributed by atoms with van der Waals surface area (Å²) in [5.74, 6) is -1.27. The van der Waals surface area contributed by atoms with Crippen LogP contribution in [-0.4, -0.2) is 38.9 Å². The van der Waals surface area contributed by atoms with Crippen LogP contribution in [0, 0.1) is 0 Å². The fourth-order valence-electron chi connectivity index (χ4n) is 3.70. The van der Waals surface area contributed by atoms with E-state index < -0.39 is 12.0 Å². The monoisotopic (exact) mass is 490 g/mol. The van der Waals surface area contributed by atoms with Crippen LogP contribution < -0.4 is 5.32 Å². The Bertz CT molecular complexity index is 1370. The summed E-state index contributed by atoms with van der Waals surface area (Å²) < 4.78 is 1.84. The Kier molecular flexibility index (Phi) is 7.42. The van der Waals surface area contributed by atoms with Crippen LogP contribution in [0.1, 0.15) is 30.5 Å². The number of rotatable bonds is 9. The number of anilines is 1. The van der Waals surface area contributed by atoms with Crippen molar-refractivity contribution in [3.8, 4) is 0 Å². The minimum Gasteiger partial charge on any atom is -0.481 e. The lowest BCUT2D eigenvalue weighted by Gasteiger charge is -2.18. The second-order valence-corrected chi connectivity index (χ2v) is 8.32. The molecule has 0 radical (unpaired) electrons. The molecule has 8 nitrogen and oxygen atoms in total. The first-order valence-corrected chi connectivity index (χ1v) is 11.2. The van der Waals surface area contributed by atoms with E-state index >= 15 is 0 Å². The second kappa shape index (κ2) is 10.8. The van der Waals surface area contributed by atoms with Gasteiger partial charge in [-0.1, -0.05) is 59.2 Å². The Morgan fingerprint density at radius 2 is 1.86 bits per heavy atom. The lowest BCUT2D eigenvalue weighted by molar-refractivity contribution is -0.137. The smallest absolute Gasteiger partial charge is 0.305 e. The van der Waals surface area contributed by atoms with Crippen LogP contribution in [0.5, 0.6) is 0 Å². The molecule has 0 aliphatic carbocycles. The van der Waals surface area contributed by atoms with Crippen molar-refractivity contribution in [2.24, 2.45) is 5.16 Å². The van der Waals surface area contributed by atoms with Gasteiger partial charge in [0.2, 0.25) is 0 Å². The van der Waals surface area contributed by atoms with Gasteiger partial charge in [-0.15, -0.1) is 0 Å². The molecular weight excluding hydrogens is 468 g/mol. The molecule has 0 fully saturated rings. The number of carbonyl (C=O) groups is 2. The molecule has 4 rings (SSSR count). The topological polar surface area (TPSA) is 106 Å². The van der Waals surface area contributed by atoms with E-state index in [0.29, 0.717) is 21.9 Å². The summed E-state index contributed by atoms with van der Waals surface area (Å²) in [7, 11) is 0. The maximum Gasteiger partial charge on any atom is 0.305 e. The Morgan fingerprint density at radius 1 is 1.11 bits per heavy atom. The summed E-state index contributed by atoms with van der Waals surface area (Å²) >= 11 is 5.89. The average Bonchev–Trinajstić information content (AvgIpc) is 3.26. The van der Waals surface area contributed by atoms with Crippen LogP contribution in [0.4, 0.5) is 5.69 Å². The highest BCUT2D eigenvalue weighted by Crippen LogP contribution is 2.28. The van der Waals surface area contributed by atoms with Gasteiger partial charge < -0.3 is 19.8 Å². The molecule has 0 bridgehead atoms. The molecule has 1 aromatic heterocycles. The van der Waals surface area contributed by atoms with Gasteiger partial charge in [-0.3, -0.25) is 9.59 Å². The van der Waals surface area contributed by atoms with E-state index in [1.54, 1.807) is 43.6 Å². The number of hydrogen-bond donors (Lipinski definition) is 2. The van der Waals surface area contributed by atoms with Gasteiger partial charge in [-0.25, -0.2) is 4.98 Å². The van der Waals surface area contributed by atoms with E-state index in [1.807, 2.05) is 47.0 Å². The summed E-state index contributed by atoms with van der Waals surface area (Å²) in [5, 5.41) is 16.8. The fraction of sp³-hybridized carbons (Fsp3) is 0.154. The number of nitrogens with one attached hydrogen (secondary N) is 1. The van der Waals surface area contributed by atoms with Gasteiger partial charge in [0.05, 0.1) is 35.5 Å². The Balaban J connectivity index is 1.44. The van der Waals surface area contributed by atoms with Crippen molar-refractivity contribution in [2.75, 3.05) is 11.9 Å². The molecule has 9 heteroatoms. The molecule has 0 aliphatic rings. The number of fused-ring (bicyclic) bond motifs is 1. The first-order valence-electron chi connectivity index (χ1n) is 10.9. The summed E-state index contributed by atoms with van der Waals surface area (Å²) in [4.78, 5) is 33.4. The zero-order valence-electron chi connectivity index (χ0n) is 18.9. The highest BCUT2D eigenvalue weighted by atomic mass is 35.5. The lowest BCUT2D eigenvalue weighted by atomic mass is 10.0. The molecule has 35 heavy (non-hydrogen) atoms. The number of halogens is 1. The van der Waals surface area contributed by atoms with Crippen LogP contribution in [0.3, 0.4) is 0 Å². The van der Waals surface area contributed by atoms with E-state index in [2.05, 4.69) is 15.5 Å². The van der Waals surface area contributed by atoms with Crippen molar-refractivity contribution >= 4 is 45.9 Å². The van der Waals surface area contributed by atoms with Crippen molar-refractivity contribution in [1.82, 2.24) is 9.55 Å². The van der Waals surface area contributed by atoms with E-state index in [-0.39, 0.29) is 18.9 Å². The number of imidazole rings is 1. The molecule has 1 unspecified atom stereocenters. The molecule has 0 aliphatic heterocycles. The first-order chi connectivity index (χ1) is 16.9. The molecule has 0 saturated heterocycles. The molecule has 1 atom stereocenters. The molecule has 1 amide bonds. The van der Waals surface area contributed by atoms with Crippen LogP contribution in [0.2, 0.25) is 5.02 Å². The number of carbonyl (C=O) groups excluding carboxylic acids is 1. The minimum atomic E-state index is -0.904. The van der Waals surface area contributed by atoms with Gasteiger partial charge in [0, 0.05) is 10.7 Å². The number of nitrogens with zero attached hydrogens (tertiary/aromatic N) is 3. The highest BCUT2D eigenvalue weighted by molar-refractivity contribution is 6.30. The van der Waals surface area contributed by atoms with Crippen molar-refractivity contribution in [1.29, 1.82) is 0 Å². The number of carboxylic acid groups (broad SMARTS) is 1. The molecule has 0 saturated carbocycles. The standard InChI is InChI=1S/C26H23ClN4O4/c1-17(18-7-9-20(27)10-8-18)30-35-15-25(32)29-21-11-12-23-22(13-21)28-16-31(23)24(14-26(33)34)19-5-3-2-4-6-19/h2-13,16,24H,14-15H2,1H3,(H,29,32)(H,33,34). The molecular formula is C26H23ClN4O4. The van der Waals surface area contributed by atoms with Gasteiger partial charge in [-0.2, -0.15) is 0 Å². The number of aromatic nitrogens is 2. The van der Waals surface area contributed by atoms with Gasteiger partial charge in [0.15, 0.2) is 6.61 Å². The summed E-state index contributed by atoms with van der Waals surface area (Å²) in [6.07, 6.45) is 1.54. The number of hydrogen-bond acceptors (Lipinski definition) is 5. The van der Waals surface area contributed by atoms with Crippen molar-refractivity contribution < 1.29 is 19.5 Å². The molecule has 3 aromatic carbocycles. The Morgan fingerprint density at radius 3 is 2.57 bits per heavy atom. The normalized spacial score (nSPS) is 12.3. The van der Waals surface area contributed by atoms with Gasteiger partial charge >= 0.3 is 5.97 Å². The molecule has 1 heterocycles. The largest absolute Gasteiger partial charge is 0.481 e. The quantitative estimate of drug-likeness (QED) is 0.250. The summed E-state index contributed by atoms with van der Waals surface area (Å²) in [6, 6.07) is 21.4. The third-order valence-electron chi connectivity index (χ3n) is 5.41. The van der Waals surface area contributed by atoms with Crippen molar-refractivity contribution in [3.63, 3.8) is 0 Å². The predicted molar refractivity (Wildman–Crippen MR) is 135 cm³/mol. The average molecular weight is 491 g/mol. The summed E-state index contributed by atoms with van der Waals surface area (Å²) in [6.45, 7) is 1.52. The zero-order valence-corrected chi connectivity index (χ0v) is 19.6. The predicted octanol–water partition coefficient (Wildman–Crippen LogP) is 5.13. The zero-order chi connectivity index (χ0) is 24.8. The highest BCUT2D eigenvalue weighted by Gasteiger charge is 2.20. The molecule has 0 spiro atoms. The van der Waals surface area contributed by atoms with Gasteiger partial charge in [0.25, 0.3) is 5.91 Å². The number of oxime groups is 1. The number of aliphatic carboxylic acids is 1. The van der Waals surface area contributed by atoms with Crippen molar-refractivity contribution in [2.45, 2.75) is 19.4 Å². The van der Waals surface area contributed by atoms with E-state index in [9.17, 15) is 14.7 Å². The Labute approximate surface area is 206 Å². The van der Waals surface area contributed by atoms with E-state index in [4.69, 9.17) is 16.4 Å². The number of amides is 1. The SMILES string of the molecule is CC(=NOCC(=O)Nc1ccc2c(c1)ncn2C(CC(=O)O)c1ccccc1)c1ccc(Cl)cc1. The molecule has 4 aromatic rings. The van der Waals surface area contributed by atoms with Gasteiger partial charge in [0.1, 0.15) is 0 Å². The summed E-state index contributed by atoms with van der Waals surface area (Å²) in [5.41, 5.74) is 4.27. The number of benzene rings is 3. The maximum absolute atomic E-state index is 12.3. The van der Waals surface area contributed by atoms with Crippen LogP contribution in [0.15, 0.2) is 84.3 Å². The van der Waals surface area contributed by atoms with Gasteiger partial charge in [-0.05, 0) is 48.4 Å². The van der Waals surface area contributed by atoms with E-state index in [1.165, 1.54) is 0 Å². The fourth-order valence-corrected chi connectivity index (χ4v) is 3.83.